The second kappa shape index (κ2) is 6.24. The number of carbonyl (C=O) groups excluding carboxylic acids is 1. The monoisotopic (exact) mass is 312 g/mol. The van der Waals surface area contributed by atoms with E-state index >= 15 is 0 Å². The second-order valence-corrected chi connectivity index (χ2v) is 5.69. The highest BCUT2D eigenvalue weighted by atomic mass is 35.5. The third-order valence-electron chi connectivity index (χ3n) is 3.80. The number of carbonyl (C=O) groups is 1. The SMILES string of the molecule is Cc1c(Cl)cccc1NC(=O)CCn1ccc2ccccc21. The van der Waals surface area contributed by atoms with Crippen LogP contribution in [0.25, 0.3) is 10.9 Å². The summed E-state index contributed by atoms with van der Waals surface area (Å²) in [6, 6.07) is 15.7. The number of rotatable bonds is 4. The first kappa shape index (κ1) is 14.7. The molecule has 0 spiro atoms. The fourth-order valence-electron chi connectivity index (χ4n) is 2.51. The van der Waals surface area contributed by atoms with E-state index in [1.54, 1.807) is 0 Å². The van der Waals surface area contributed by atoms with Gasteiger partial charge in [0, 0.05) is 35.4 Å². The molecule has 0 radical (unpaired) electrons. The molecule has 0 aliphatic rings. The van der Waals surface area contributed by atoms with Crippen molar-refractivity contribution in [2.75, 3.05) is 5.32 Å². The van der Waals surface area contributed by atoms with Gasteiger partial charge >= 0.3 is 0 Å². The van der Waals surface area contributed by atoms with Crippen LogP contribution in [0.5, 0.6) is 0 Å². The number of para-hydroxylation sites is 1. The topological polar surface area (TPSA) is 34.0 Å². The summed E-state index contributed by atoms with van der Waals surface area (Å²) in [5.41, 5.74) is 2.81. The van der Waals surface area contributed by atoms with Crippen LogP contribution in [0, 0.1) is 6.92 Å². The highest BCUT2D eigenvalue weighted by Crippen LogP contribution is 2.23. The number of fused-ring (bicyclic) bond motifs is 1. The Labute approximate surface area is 134 Å². The second-order valence-electron chi connectivity index (χ2n) is 5.28. The Morgan fingerprint density at radius 1 is 1.14 bits per heavy atom. The molecule has 1 N–H and O–H groups in total. The molecule has 3 aromatic rings. The molecule has 4 heteroatoms. The molecule has 0 unspecified atom stereocenters. The first-order valence-electron chi connectivity index (χ1n) is 7.24. The zero-order valence-corrected chi connectivity index (χ0v) is 13.1. The summed E-state index contributed by atoms with van der Waals surface area (Å²) in [5.74, 6) is -0.0110. The van der Waals surface area contributed by atoms with Gasteiger partial charge in [-0.15, -0.1) is 0 Å². The average Bonchev–Trinajstić information content (AvgIpc) is 2.93. The molecule has 0 saturated heterocycles. The van der Waals surface area contributed by atoms with Crippen LogP contribution < -0.4 is 5.32 Å². The maximum atomic E-state index is 12.1. The number of benzene rings is 2. The van der Waals surface area contributed by atoms with Gasteiger partial charge in [0.1, 0.15) is 0 Å². The summed E-state index contributed by atoms with van der Waals surface area (Å²) in [4.78, 5) is 12.1. The molecule has 1 aromatic heterocycles. The molecule has 0 bridgehead atoms. The number of anilines is 1. The zero-order valence-electron chi connectivity index (χ0n) is 12.3. The Kier molecular flexibility index (Phi) is 4.16. The molecule has 0 atom stereocenters. The highest BCUT2D eigenvalue weighted by molar-refractivity contribution is 6.31. The molecule has 0 fully saturated rings. The van der Waals surface area contributed by atoms with E-state index in [4.69, 9.17) is 11.6 Å². The smallest absolute Gasteiger partial charge is 0.226 e. The van der Waals surface area contributed by atoms with Crippen LogP contribution in [-0.4, -0.2) is 10.5 Å². The first-order chi connectivity index (χ1) is 10.6. The summed E-state index contributed by atoms with van der Waals surface area (Å²) in [7, 11) is 0. The van der Waals surface area contributed by atoms with Gasteiger partial charge in [0.2, 0.25) is 5.91 Å². The van der Waals surface area contributed by atoms with E-state index in [0.29, 0.717) is 18.0 Å². The Morgan fingerprint density at radius 3 is 2.82 bits per heavy atom. The van der Waals surface area contributed by atoms with Crippen LogP contribution in [0.1, 0.15) is 12.0 Å². The van der Waals surface area contributed by atoms with Crippen molar-refractivity contribution >= 4 is 34.1 Å². The Bertz CT molecular complexity index is 823. The fourth-order valence-corrected chi connectivity index (χ4v) is 2.69. The van der Waals surface area contributed by atoms with Gasteiger partial charge in [0.15, 0.2) is 0 Å². The van der Waals surface area contributed by atoms with Gasteiger partial charge in [0.05, 0.1) is 0 Å². The van der Waals surface area contributed by atoms with E-state index in [-0.39, 0.29) is 5.91 Å². The number of aryl methyl sites for hydroxylation is 1. The lowest BCUT2D eigenvalue weighted by Gasteiger charge is -2.10. The first-order valence-corrected chi connectivity index (χ1v) is 7.62. The summed E-state index contributed by atoms with van der Waals surface area (Å²) >= 11 is 6.07. The van der Waals surface area contributed by atoms with Crippen molar-refractivity contribution in [3.8, 4) is 0 Å². The predicted octanol–water partition coefficient (Wildman–Crippen LogP) is 4.63. The van der Waals surface area contributed by atoms with Crippen LogP contribution in [0.2, 0.25) is 5.02 Å². The molecule has 1 heterocycles. The molecule has 2 aromatic carbocycles. The van der Waals surface area contributed by atoms with Gasteiger partial charge < -0.3 is 9.88 Å². The minimum absolute atomic E-state index is 0.0110. The van der Waals surface area contributed by atoms with Crippen molar-refractivity contribution in [2.24, 2.45) is 0 Å². The van der Waals surface area contributed by atoms with Gasteiger partial charge in [-0.2, -0.15) is 0 Å². The number of aromatic nitrogens is 1. The number of nitrogens with one attached hydrogen (secondary N) is 1. The molecular formula is C18H17ClN2O. The summed E-state index contributed by atoms with van der Waals surface area (Å²) in [6.45, 7) is 2.55. The number of amides is 1. The van der Waals surface area contributed by atoms with E-state index < -0.39 is 0 Å². The highest BCUT2D eigenvalue weighted by Gasteiger charge is 2.08. The van der Waals surface area contributed by atoms with E-state index in [1.807, 2.05) is 43.5 Å². The van der Waals surface area contributed by atoms with Crippen molar-refractivity contribution in [1.82, 2.24) is 4.57 Å². The third-order valence-corrected chi connectivity index (χ3v) is 4.21. The quantitative estimate of drug-likeness (QED) is 0.748. The van der Waals surface area contributed by atoms with Crippen LogP contribution in [0.3, 0.4) is 0 Å². The van der Waals surface area contributed by atoms with Gasteiger partial charge in [-0.05, 0) is 42.1 Å². The number of nitrogens with zero attached hydrogens (tertiary/aromatic N) is 1. The van der Waals surface area contributed by atoms with Gasteiger partial charge in [-0.1, -0.05) is 35.9 Å². The minimum Gasteiger partial charge on any atom is -0.347 e. The Hall–Kier alpha value is -2.26. The molecule has 112 valence electrons. The Balaban J connectivity index is 1.66. The molecule has 0 aliphatic carbocycles. The minimum atomic E-state index is -0.0110. The lowest BCUT2D eigenvalue weighted by molar-refractivity contribution is -0.116. The summed E-state index contributed by atoms with van der Waals surface area (Å²) in [5, 5.41) is 4.77. The van der Waals surface area contributed by atoms with Crippen LogP contribution in [-0.2, 0) is 11.3 Å². The van der Waals surface area contributed by atoms with Gasteiger partial charge in [0.25, 0.3) is 0 Å². The van der Waals surface area contributed by atoms with Crippen molar-refractivity contribution in [3.05, 3.63) is 65.3 Å². The van der Waals surface area contributed by atoms with E-state index in [9.17, 15) is 4.79 Å². The van der Waals surface area contributed by atoms with Gasteiger partial charge in [-0.3, -0.25) is 4.79 Å². The lowest BCUT2D eigenvalue weighted by atomic mass is 10.2. The Morgan fingerprint density at radius 2 is 1.95 bits per heavy atom. The molecule has 1 amide bonds. The molecular weight excluding hydrogens is 296 g/mol. The van der Waals surface area contributed by atoms with Crippen molar-refractivity contribution in [1.29, 1.82) is 0 Å². The normalized spacial score (nSPS) is 10.8. The predicted molar refractivity (Wildman–Crippen MR) is 91.4 cm³/mol. The standard InChI is InChI=1S/C18H17ClN2O/c1-13-15(19)6-4-7-16(13)20-18(22)10-12-21-11-9-14-5-2-3-8-17(14)21/h2-9,11H,10,12H2,1H3,(H,20,22). The van der Waals surface area contributed by atoms with Gasteiger partial charge in [-0.25, -0.2) is 0 Å². The van der Waals surface area contributed by atoms with Crippen LogP contribution >= 0.6 is 11.6 Å². The van der Waals surface area contributed by atoms with Crippen LogP contribution in [0.15, 0.2) is 54.7 Å². The van der Waals surface area contributed by atoms with Crippen molar-refractivity contribution in [2.45, 2.75) is 19.9 Å². The molecule has 3 rings (SSSR count). The number of hydrogen-bond acceptors (Lipinski definition) is 1. The largest absolute Gasteiger partial charge is 0.347 e. The van der Waals surface area contributed by atoms with E-state index in [1.165, 1.54) is 5.39 Å². The fraction of sp³-hybridized carbons (Fsp3) is 0.167. The third kappa shape index (κ3) is 3.00. The lowest BCUT2D eigenvalue weighted by Crippen LogP contribution is -2.15. The molecule has 0 saturated carbocycles. The van der Waals surface area contributed by atoms with Crippen molar-refractivity contribution < 1.29 is 4.79 Å². The maximum absolute atomic E-state index is 12.1. The van der Waals surface area contributed by atoms with E-state index in [2.05, 4.69) is 28.1 Å². The van der Waals surface area contributed by atoms with E-state index in [0.717, 1.165) is 16.8 Å². The molecule has 0 aliphatic heterocycles. The van der Waals surface area contributed by atoms with Crippen molar-refractivity contribution in [3.63, 3.8) is 0 Å². The number of halogens is 1. The molecule has 3 nitrogen and oxygen atoms in total. The summed E-state index contributed by atoms with van der Waals surface area (Å²) < 4.78 is 2.10. The number of hydrogen-bond donors (Lipinski definition) is 1. The zero-order chi connectivity index (χ0) is 15.5. The summed E-state index contributed by atoms with van der Waals surface area (Å²) in [6.07, 6.45) is 2.44. The maximum Gasteiger partial charge on any atom is 0.226 e. The average molecular weight is 313 g/mol. The van der Waals surface area contributed by atoms with Crippen LogP contribution in [0.4, 0.5) is 5.69 Å². The molecule has 22 heavy (non-hydrogen) atoms.